The van der Waals surface area contributed by atoms with Gasteiger partial charge in [-0.15, -0.1) is 0 Å². The molecule has 3 heterocycles. The van der Waals surface area contributed by atoms with Crippen molar-refractivity contribution in [1.29, 1.82) is 0 Å². The Balaban J connectivity index is 0.000000775. The molecule has 0 aliphatic heterocycles. The molecule has 1 aromatic carbocycles. The molecule has 0 bridgehead atoms. The molecule has 2 N–H and O–H groups in total. The highest BCUT2D eigenvalue weighted by atomic mass is 35.5. The Morgan fingerprint density at radius 3 is 2.59 bits per heavy atom. The maximum absolute atomic E-state index is 13.6. The van der Waals surface area contributed by atoms with Crippen LogP contribution in [0.1, 0.15) is 24.6 Å². The number of carbonyl (C=O) groups is 1. The number of halogens is 4. The number of benzene rings is 1. The third-order valence-electron chi connectivity index (χ3n) is 5.22. The predicted molar refractivity (Wildman–Crippen MR) is 113 cm³/mol. The Bertz CT molecular complexity index is 1290. The zero-order valence-corrected chi connectivity index (χ0v) is 17.6. The van der Waals surface area contributed by atoms with Crippen LogP contribution in [-0.4, -0.2) is 36.5 Å². The van der Waals surface area contributed by atoms with Gasteiger partial charge in [-0.3, -0.25) is 4.79 Å². The van der Waals surface area contributed by atoms with Gasteiger partial charge in [-0.2, -0.15) is 5.10 Å². The summed E-state index contributed by atoms with van der Waals surface area (Å²) in [6.45, 7) is 1.88. The van der Waals surface area contributed by atoms with E-state index in [4.69, 9.17) is 16.4 Å². The highest BCUT2D eigenvalue weighted by molar-refractivity contribution is 6.31. The van der Waals surface area contributed by atoms with E-state index in [9.17, 15) is 13.2 Å². The molecule has 0 unspecified atom stereocenters. The molecule has 1 amide bonds. The predicted octanol–water partition coefficient (Wildman–Crippen LogP) is 4.43. The van der Waals surface area contributed by atoms with Gasteiger partial charge >= 0.3 is 0 Å². The minimum absolute atomic E-state index is 0.0351. The Hall–Kier alpha value is -3.40. The van der Waals surface area contributed by atoms with Gasteiger partial charge in [0.25, 0.3) is 5.92 Å². The Morgan fingerprint density at radius 2 is 1.94 bits per heavy atom. The van der Waals surface area contributed by atoms with Gasteiger partial charge in [0.05, 0.1) is 34.6 Å². The number of carbonyl (C=O) groups excluding carboxylic acids is 1. The Kier molecular flexibility index (Phi) is 5.64. The lowest BCUT2D eigenvalue weighted by atomic mass is 9.87. The highest BCUT2D eigenvalue weighted by Gasteiger charge is 2.47. The van der Waals surface area contributed by atoms with Crippen molar-refractivity contribution in [2.24, 2.45) is 5.73 Å². The number of primary amides is 1. The van der Waals surface area contributed by atoms with Gasteiger partial charge < -0.3 is 10.3 Å². The second kappa shape index (κ2) is 8.27. The molecule has 0 saturated heterocycles. The first-order valence-electron chi connectivity index (χ1n) is 9.61. The average molecular weight is 463 g/mol. The van der Waals surface area contributed by atoms with E-state index in [1.807, 2.05) is 13.0 Å². The highest BCUT2D eigenvalue weighted by Crippen LogP contribution is 2.48. The minimum atomic E-state index is -2.68. The third kappa shape index (κ3) is 3.93. The number of amides is 1. The lowest BCUT2D eigenvalue weighted by molar-refractivity contribution is -0.107. The number of rotatable bonds is 3. The van der Waals surface area contributed by atoms with Crippen LogP contribution < -0.4 is 5.73 Å². The van der Waals surface area contributed by atoms with Gasteiger partial charge in [0.15, 0.2) is 5.65 Å². The summed E-state index contributed by atoms with van der Waals surface area (Å²) in [6, 6.07) is 7.49. The molecule has 1 fully saturated rings. The monoisotopic (exact) mass is 462 g/mol. The van der Waals surface area contributed by atoms with Gasteiger partial charge in [0.1, 0.15) is 11.5 Å². The summed E-state index contributed by atoms with van der Waals surface area (Å²) in [5, 5.41) is 4.60. The van der Waals surface area contributed by atoms with Crippen LogP contribution in [0, 0.1) is 12.7 Å². The summed E-state index contributed by atoms with van der Waals surface area (Å²) < 4.78 is 44.1. The van der Waals surface area contributed by atoms with Gasteiger partial charge in [0.2, 0.25) is 6.41 Å². The zero-order valence-electron chi connectivity index (χ0n) is 16.8. The molecule has 0 spiro atoms. The van der Waals surface area contributed by atoms with Gasteiger partial charge in [-0.1, -0.05) is 11.6 Å². The van der Waals surface area contributed by atoms with Gasteiger partial charge in [-0.05, 0) is 37.3 Å². The molecule has 1 aliphatic carbocycles. The van der Waals surface area contributed by atoms with Crippen molar-refractivity contribution in [3.05, 3.63) is 59.4 Å². The number of nitrogens with two attached hydrogens (primary N) is 1. The minimum Gasteiger partial charge on any atom is -0.372 e. The van der Waals surface area contributed by atoms with Crippen molar-refractivity contribution >= 4 is 23.7 Å². The zero-order chi connectivity index (χ0) is 23.0. The second-order valence-corrected chi connectivity index (χ2v) is 7.83. The van der Waals surface area contributed by atoms with Crippen LogP contribution in [0.15, 0.2) is 42.9 Å². The summed E-state index contributed by atoms with van der Waals surface area (Å²) in [5.41, 5.74) is 7.92. The van der Waals surface area contributed by atoms with Crippen molar-refractivity contribution in [2.45, 2.75) is 31.7 Å². The largest absolute Gasteiger partial charge is 0.372 e. The molecule has 1 saturated carbocycles. The van der Waals surface area contributed by atoms with E-state index in [-0.39, 0.29) is 24.3 Å². The number of nitrogens with zero attached hydrogens (tertiary/aromatic N) is 5. The summed E-state index contributed by atoms with van der Waals surface area (Å²) in [6.07, 6.45) is 2.98. The lowest BCUT2D eigenvalue weighted by Crippen LogP contribution is -2.37. The van der Waals surface area contributed by atoms with Crippen molar-refractivity contribution in [3.8, 4) is 22.6 Å². The van der Waals surface area contributed by atoms with Crippen molar-refractivity contribution in [3.63, 3.8) is 0 Å². The fourth-order valence-electron chi connectivity index (χ4n) is 3.69. The normalized spacial score (nSPS) is 15.2. The molecule has 4 aromatic rings. The van der Waals surface area contributed by atoms with Crippen LogP contribution in [0.4, 0.5) is 13.2 Å². The van der Waals surface area contributed by atoms with E-state index < -0.39 is 17.8 Å². The summed E-state index contributed by atoms with van der Waals surface area (Å²) in [7, 11) is 0. The molecule has 32 heavy (non-hydrogen) atoms. The Labute approximate surface area is 185 Å². The third-order valence-corrected chi connectivity index (χ3v) is 5.51. The molecule has 5 rings (SSSR count). The van der Waals surface area contributed by atoms with Crippen molar-refractivity contribution < 1.29 is 18.0 Å². The van der Waals surface area contributed by atoms with E-state index in [2.05, 4.69) is 20.8 Å². The molecule has 0 radical (unpaired) electrons. The van der Waals surface area contributed by atoms with Crippen LogP contribution in [-0.2, 0) is 4.79 Å². The molecular weight excluding hydrogens is 445 g/mol. The number of fused-ring (bicyclic) bond motifs is 1. The standard InChI is InChI=1S/C20H15ClF3N5.CH3NO/c1-11-9-25-17-5-4-16(27-29(11)17)19-18(12-2-3-15(22)14(21)6-12)26-10-28(19)13-7-20(23,24)8-13;2-1-3/h2-6,9-10,13H,7-8H2,1H3;1H,(H2,2,3). The average Bonchev–Trinajstić information content (AvgIpc) is 3.32. The fourth-order valence-corrected chi connectivity index (χ4v) is 3.87. The summed E-state index contributed by atoms with van der Waals surface area (Å²) >= 11 is 5.95. The van der Waals surface area contributed by atoms with Crippen LogP contribution in [0.5, 0.6) is 0 Å². The number of hydrogen-bond donors (Lipinski definition) is 1. The van der Waals surface area contributed by atoms with E-state index >= 15 is 0 Å². The SMILES string of the molecule is Cc1cnc2ccc(-c3c(-c4ccc(F)c(Cl)c4)ncn3C3CC(F)(F)C3)nn12.NC=O. The summed E-state index contributed by atoms with van der Waals surface area (Å²) in [5.74, 6) is -3.22. The molecule has 11 heteroatoms. The lowest BCUT2D eigenvalue weighted by Gasteiger charge is -2.36. The van der Waals surface area contributed by atoms with E-state index in [1.165, 1.54) is 18.5 Å². The summed E-state index contributed by atoms with van der Waals surface area (Å²) in [4.78, 5) is 17.3. The molecule has 3 aromatic heterocycles. The number of aromatic nitrogens is 5. The number of hydrogen-bond acceptors (Lipinski definition) is 4. The van der Waals surface area contributed by atoms with Crippen molar-refractivity contribution in [2.75, 3.05) is 0 Å². The van der Waals surface area contributed by atoms with Gasteiger partial charge in [-0.25, -0.2) is 27.7 Å². The van der Waals surface area contributed by atoms with E-state index in [1.54, 1.807) is 27.4 Å². The van der Waals surface area contributed by atoms with E-state index in [0.717, 1.165) is 5.69 Å². The topological polar surface area (TPSA) is 91.1 Å². The van der Waals surface area contributed by atoms with E-state index in [0.29, 0.717) is 28.3 Å². The first kappa shape index (κ1) is 21.8. The first-order valence-corrected chi connectivity index (χ1v) is 9.99. The second-order valence-electron chi connectivity index (χ2n) is 7.42. The molecule has 7 nitrogen and oxygen atoms in total. The quantitative estimate of drug-likeness (QED) is 0.456. The van der Waals surface area contributed by atoms with Crippen LogP contribution in [0.2, 0.25) is 5.02 Å². The van der Waals surface area contributed by atoms with Crippen molar-refractivity contribution in [1.82, 2.24) is 24.1 Å². The molecule has 166 valence electrons. The van der Waals surface area contributed by atoms with Crippen LogP contribution >= 0.6 is 11.6 Å². The Morgan fingerprint density at radius 1 is 1.22 bits per heavy atom. The molecule has 1 aliphatic rings. The number of imidazole rings is 2. The van der Waals surface area contributed by atoms with Crippen LogP contribution in [0.3, 0.4) is 0 Å². The smallest absolute Gasteiger partial charge is 0.252 e. The fraction of sp³-hybridized carbons (Fsp3) is 0.238. The van der Waals surface area contributed by atoms with Gasteiger partial charge in [0, 0.05) is 24.4 Å². The molecular formula is C21H18ClF3N6O. The first-order chi connectivity index (χ1) is 15.2. The number of aryl methyl sites for hydroxylation is 1. The molecule has 0 atom stereocenters. The van der Waals surface area contributed by atoms with Crippen LogP contribution in [0.25, 0.3) is 28.3 Å². The maximum Gasteiger partial charge on any atom is 0.252 e. The maximum atomic E-state index is 13.6. The number of alkyl halides is 2.